The number of rotatable bonds is 14. The van der Waals surface area contributed by atoms with E-state index in [1.165, 1.54) is 34.6 Å². The Morgan fingerprint density at radius 2 is 1.58 bits per heavy atom. The molecule has 13 heteroatoms. The average Bonchev–Trinajstić information content (AvgIpc) is 3.45. The van der Waals surface area contributed by atoms with Crippen LogP contribution in [-0.4, -0.2) is 56.7 Å². The first-order chi connectivity index (χ1) is 21.5. The molecule has 0 aliphatic rings. The van der Waals surface area contributed by atoms with Crippen molar-refractivity contribution in [3.63, 3.8) is 0 Å². The Labute approximate surface area is 267 Å². The van der Waals surface area contributed by atoms with Crippen LogP contribution in [0.25, 0.3) is 11.1 Å². The Bertz CT molecular complexity index is 1620. The van der Waals surface area contributed by atoms with Crippen LogP contribution in [-0.2, 0) is 36.2 Å². The molecule has 7 nitrogen and oxygen atoms in total. The molecule has 0 aliphatic carbocycles. The maximum atomic E-state index is 13.8. The second kappa shape index (κ2) is 15.6. The van der Waals surface area contributed by atoms with Gasteiger partial charge in [0, 0.05) is 30.3 Å². The minimum Gasteiger partial charge on any atom is -0.335 e. The molecule has 45 heavy (non-hydrogen) atoms. The van der Waals surface area contributed by atoms with E-state index in [9.17, 15) is 27.2 Å². The van der Waals surface area contributed by atoms with Gasteiger partial charge in [-0.25, -0.2) is 4.68 Å². The molecule has 240 valence electrons. The van der Waals surface area contributed by atoms with Gasteiger partial charge < -0.3 is 9.80 Å². The molecule has 0 saturated heterocycles. The smallest absolute Gasteiger partial charge is 0.335 e. The number of nitrogens with zero attached hydrogens (tertiary/aromatic N) is 5. The maximum absolute atomic E-state index is 13.8. The highest BCUT2D eigenvalue weighted by Gasteiger charge is 2.30. The number of aryl methyl sites for hydroxylation is 1. The highest BCUT2D eigenvalue weighted by Crippen LogP contribution is 2.31. The first-order valence-electron chi connectivity index (χ1n) is 14.6. The third-order valence-electron chi connectivity index (χ3n) is 7.30. The van der Waals surface area contributed by atoms with Gasteiger partial charge in [-0.1, -0.05) is 68.9 Å². The van der Waals surface area contributed by atoms with Crippen molar-refractivity contribution in [2.45, 2.75) is 57.4 Å². The van der Waals surface area contributed by atoms with Gasteiger partial charge in [-0.05, 0) is 60.5 Å². The number of carbonyl (C=O) groups excluding carboxylic acids is 1. The average molecular weight is 662 g/mol. The van der Waals surface area contributed by atoms with E-state index in [1.807, 2.05) is 24.3 Å². The summed E-state index contributed by atoms with van der Waals surface area (Å²) in [6, 6.07) is 15.4. The number of benzene rings is 2. The predicted molar refractivity (Wildman–Crippen MR) is 170 cm³/mol. The van der Waals surface area contributed by atoms with Gasteiger partial charge in [-0.3, -0.25) is 9.59 Å². The van der Waals surface area contributed by atoms with Crippen LogP contribution in [0.15, 0.2) is 70.6 Å². The van der Waals surface area contributed by atoms with Crippen LogP contribution in [0, 0.1) is 5.13 Å². The molecule has 0 spiro atoms. The lowest BCUT2D eigenvalue weighted by molar-refractivity contribution is -0.137. The topological polar surface area (TPSA) is 71.3 Å². The fourth-order valence-electron chi connectivity index (χ4n) is 4.63. The van der Waals surface area contributed by atoms with Gasteiger partial charge in [0.2, 0.25) is 5.91 Å². The number of thioether (sulfide) groups is 1. The number of aromatic nitrogens is 3. The highest BCUT2D eigenvalue weighted by molar-refractivity contribution is 7.98. The number of hydrogen-bond donors (Lipinski definition) is 0. The Balaban J connectivity index is 1.54. The zero-order valence-electron chi connectivity index (χ0n) is 25.3. The molecule has 0 bridgehead atoms. The molecule has 0 unspecified atom stereocenters. The maximum Gasteiger partial charge on any atom is 0.416 e. The standard InChI is InChI=1S/C32H35F4N5O2S2/c1-4-27-30(43)37-31(44-21-26-15-16-28(33)45-26)41(38-27)20-29(42)40(18-17-39(5-2)6-3)19-22-7-9-23(10-8-22)24-11-13-25(14-12-24)32(34,35)36/h7-16H,4-6,17-21H2,1-3H3. The van der Waals surface area contributed by atoms with Crippen LogP contribution < -0.4 is 5.56 Å². The minimum absolute atomic E-state index is 0.136. The Morgan fingerprint density at radius 3 is 2.13 bits per heavy atom. The molecule has 0 saturated carbocycles. The second-order valence-corrected chi connectivity index (χ2v) is 12.3. The van der Waals surface area contributed by atoms with E-state index in [4.69, 9.17) is 0 Å². The Kier molecular flexibility index (Phi) is 11.9. The Hall–Kier alpha value is -3.55. The van der Waals surface area contributed by atoms with Crippen LogP contribution in [0.3, 0.4) is 0 Å². The quantitative estimate of drug-likeness (QED) is 0.110. The van der Waals surface area contributed by atoms with E-state index in [0.717, 1.165) is 52.6 Å². The molecule has 1 amide bonds. The lowest BCUT2D eigenvalue weighted by Gasteiger charge is -2.27. The number of thiophene rings is 1. The summed E-state index contributed by atoms with van der Waals surface area (Å²) < 4.78 is 53.9. The summed E-state index contributed by atoms with van der Waals surface area (Å²) in [7, 11) is 0. The van der Waals surface area contributed by atoms with Gasteiger partial charge >= 0.3 is 6.18 Å². The lowest BCUT2D eigenvalue weighted by Crippen LogP contribution is -2.40. The van der Waals surface area contributed by atoms with Gasteiger partial charge in [-0.2, -0.15) is 27.6 Å². The van der Waals surface area contributed by atoms with Crippen LogP contribution in [0.1, 0.15) is 42.5 Å². The van der Waals surface area contributed by atoms with Crippen molar-refractivity contribution in [1.82, 2.24) is 24.6 Å². The van der Waals surface area contributed by atoms with Gasteiger partial charge in [0.15, 0.2) is 10.3 Å². The van der Waals surface area contributed by atoms with Crippen LogP contribution >= 0.6 is 23.1 Å². The van der Waals surface area contributed by atoms with E-state index in [2.05, 4.69) is 28.8 Å². The summed E-state index contributed by atoms with van der Waals surface area (Å²) >= 11 is 2.23. The van der Waals surface area contributed by atoms with Gasteiger partial charge in [0.1, 0.15) is 12.2 Å². The number of carbonyl (C=O) groups is 1. The largest absolute Gasteiger partial charge is 0.416 e. The van der Waals surface area contributed by atoms with Crippen molar-refractivity contribution in [2.75, 3.05) is 26.2 Å². The van der Waals surface area contributed by atoms with Gasteiger partial charge in [0.25, 0.3) is 5.56 Å². The molecule has 0 aliphatic heterocycles. The van der Waals surface area contributed by atoms with Crippen molar-refractivity contribution in [3.8, 4) is 11.1 Å². The van der Waals surface area contributed by atoms with Crippen molar-refractivity contribution in [2.24, 2.45) is 0 Å². The zero-order valence-corrected chi connectivity index (χ0v) is 26.9. The molecule has 4 rings (SSSR count). The summed E-state index contributed by atoms with van der Waals surface area (Å²) in [6.07, 6.45) is -4.04. The zero-order chi connectivity index (χ0) is 32.6. The van der Waals surface area contributed by atoms with Crippen molar-refractivity contribution >= 4 is 29.0 Å². The van der Waals surface area contributed by atoms with E-state index in [1.54, 1.807) is 17.9 Å². The van der Waals surface area contributed by atoms with Gasteiger partial charge in [0.05, 0.1) is 5.56 Å². The molecule has 0 atom stereocenters. The van der Waals surface area contributed by atoms with Crippen LogP contribution in [0.2, 0.25) is 0 Å². The molecule has 0 radical (unpaired) electrons. The molecule has 0 N–H and O–H groups in total. The molecule has 0 fully saturated rings. The SMILES string of the molecule is CCc1nn(CC(=O)N(CCN(CC)CC)Cc2ccc(-c3ccc(C(F)(F)F)cc3)cc2)c(SCc2ccc(F)s2)nc1=O. The fourth-order valence-corrected chi connectivity index (χ4v) is 6.34. The summed E-state index contributed by atoms with van der Waals surface area (Å²) in [5, 5.41) is 4.43. The molecule has 2 heterocycles. The fraction of sp³-hybridized carbons (Fsp3) is 0.375. The second-order valence-electron chi connectivity index (χ2n) is 10.3. The number of hydrogen-bond acceptors (Lipinski definition) is 7. The summed E-state index contributed by atoms with van der Waals surface area (Å²) in [5.74, 6) is 0.164. The monoisotopic (exact) mass is 661 g/mol. The first-order valence-corrected chi connectivity index (χ1v) is 16.4. The lowest BCUT2D eigenvalue weighted by atomic mass is 10.0. The highest BCUT2D eigenvalue weighted by atomic mass is 32.2. The first kappa shape index (κ1) is 34.3. The van der Waals surface area contributed by atoms with E-state index in [0.29, 0.717) is 37.4 Å². The third kappa shape index (κ3) is 9.47. The van der Waals surface area contributed by atoms with Gasteiger partial charge in [-0.15, -0.1) is 11.3 Å². The van der Waals surface area contributed by atoms with E-state index < -0.39 is 17.3 Å². The molecular weight excluding hydrogens is 627 g/mol. The number of halogens is 4. The van der Waals surface area contributed by atoms with Crippen LogP contribution in [0.4, 0.5) is 17.6 Å². The normalized spacial score (nSPS) is 11.7. The summed E-state index contributed by atoms with van der Waals surface area (Å²) in [6.45, 7) is 8.84. The van der Waals surface area contributed by atoms with E-state index in [-0.39, 0.29) is 28.4 Å². The van der Waals surface area contributed by atoms with Crippen molar-refractivity contribution in [3.05, 3.63) is 97.8 Å². The third-order valence-corrected chi connectivity index (χ3v) is 9.38. The minimum atomic E-state index is -4.40. The van der Waals surface area contributed by atoms with E-state index >= 15 is 0 Å². The molecule has 2 aromatic heterocycles. The Morgan fingerprint density at radius 1 is 0.933 bits per heavy atom. The summed E-state index contributed by atoms with van der Waals surface area (Å²) in [4.78, 5) is 35.3. The summed E-state index contributed by atoms with van der Waals surface area (Å²) in [5.41, 5.74) is 1.37. The molecule has 2 aromatic carbocycles. The number of amides is 1. The van der Waals surface area contributed by atoms with Crippen molar-refractivity contribution < 1.29 is 22.4 Å². The van der Waals surface area contributed by atoms with Crippen LogP contribution in [0.5, 0.6) is 0 Å². The van der Waals surface area contributed by atoms with Crippen molar-refractivity contribution in [1.29, 1.82) is 0 Å². The number of alkyl halides is 3. The number of likely N-dealkylation sites (N-methyl/N-ethyl adjacent to an activating group) is 1. The predicted octanol–water partition coefficient (Wildman–Crippen LogP) is 6.75. The molecular formula is C32H35F4N5O2S2. The molecule has 4 aromatic rings.